The van der Waals surface area contributed by atoms with Crippen LogP contribution in [0.15, 0.2) is 170 Å². The molecule has 0 aliphatic rings. The van der Waals surface area contributed by atoms with Gasteiger partial charge in [0.1, 0.15) is 23.0 Å². The van der Waals surface area contributed by atoms with Gasteiger partial charge in [-0.3, -0.25) is 9.97 Å². The Labute approximate surface area is 527 Å². The van der Waals surface area contributed by atoms with Crippen LogP contribution in [-0.2, 0) is 0 Å². The average molecular weight is 1170 g/mol. The molecule has 6 nitrogen and oxygen atoms in total. The second kappa shape index (κ2) is 37.6. The number of unbranched alkanes of at least 4 members (excludes halogenated alkanes) is 16. The Morgan fingerprint density at radius 1 is 0.261 bits per heavy atom. The molecule has 8 rings (SSSR count). The van der Waals surface area contributed by atoms with Crippen molar-refractivity contribution in [3.63, 3.8) is 0 Å². The molecule has 0 saturated carbocycles. The minimum atomic E-state index is 0.594. The second-order valence-corrected chi connectivity index (χ2v) is 22.5. The lowest BCUT2D eigenvalue weighted by molar-refractivity contribution is 0.295. The maximum Gasteiger partial charge on any atom is 0.136 e. The van der Waals surface area contributed by atoms with Gasteiger partial charge in [-0.05, 0) is 96.5 Å². The number of aromatic nitrogens is 2. The Morgan fingerprint density at radius 3 is 0.795 bits per heavy atom. The third-order valence-corrected chi connectivity index (χ3v) is 15.3. The molecule has 0 aliphatic carbocycles. The van der Waals surface area contributed by atoms with E-state index in [2.05, 4.69) is 172 Å². The summed E-state index contributed by atoms with van der Waals surface area (Å²) in [4.78, 5) is 9.66. The maximum atomic E-state index is 6.55. The molecule has 6 heteroatoms. The molecule has 0 spiro atoms. The molecule has 450 valence electrons. The second-order valence-electron chi connectivity index (χ2n) is 22.5. The molecule has 0 bridgehead atoms. The lowest BCUT2D eigenvalue weighted by Crippen LogP contribution is -2.03. The van der Waals surface area contributed by atoms with Gasteiger partial charge in [0.2, 0.25) is 0 Å². The first-order valence-electron chi connectivity index (χ1n) is 32.7. The van der Waals surface area contributed by atoms with Crippen LogP contribution in [0.3, 0.4) is 0 Å². The number of pyridine rings is 2. The van der Waals surface area contributed by atoms with Crippen LogP contribution < -0.4 is 18.9 Å². The molecule has 0 amide bonds. The van der Waals surface area contributed by atoms with Crippen LogP contribution in [0.4, 0.5) is 0 Å². The van der Waals surface area contributed by atoms with E-state index >= 15 is 0 Å². The van der Waals surface area contributed by atoms with E-state index in [-0.39, 0.29) is 0 Å². The molecule has 2 heterocycles. The standard InChI is InChI=1S/C82H88N2O4/c1-5-9-13-17-27-55-85-79-61-75(81(87-57-29-19-15-11-7-3)59-73(79)49-39-65-35-45-71(46-36-65)69-31-23-21-24-32-69)51-41-67-43-53-77(83-63-67)78-54-44-68(64-84-78)42-52-76-62-80(86-56-28-18-14-10-6-2)74(60-82(76)88-58-30-20-16-12-8-4)50-40-66-37-47-72(48-38-66)70-33-25-22-26-34-70/h21-26,31-38,43-48,53-54,59-64H,5-20,27-30,55-58H2,1-4H3. The predicted molar refractivity (Wildman–Crippen MR) is 365 cm³/mol. The summed E-state index contributed by atoms with van der Waals surface area (Å²) in [5.74, 6) is 30.2. The lowest BCUT2D eigenvalue weighted by Gasteiger charge is -2.14. The van der Waals surface area contributed by atoms with E-state index in [0.717, 1.165) is 118 Å². The quantitative estimate of drug-likeness (QED) is 0.0319. The Bertz CT molecular complexity index is 3380. The Kier molecular flexibility index (Phi) is 27.8. The van der Waals surface area contributed by atoms with Gasteiger partial charge in [-0.25, -0.2) is 0 Å². The molecule has 6 aromatic carbocycles. The van der Waals surface area contributed by atoms with Crippen LogP contribution in [0.1, 0.15) is 201 Å². The molecule has 2 aromatic heterocycles. The van der Waals surface area contributed by atoms with E-state index in [4.69, 9.17) is 28.9 Å². The summed E-state index contributed by atoms with van der Waals surface area (Å²) >= 11 is 0. The van der Waals surface area contributed by atoms with Gasteiger partial charge in [0.15, 0.2) is 0 Å². The van der Waals surface area contributed by atoms with E-state index < -0.39 is 0 Å². The van der Waals surface area contributed by atoms with Gasteiger partial charge in [0.25, 0.3) is 0 Å². The summed E-state index contributed by atoms with van der Waals surface area (Å²) in [6.45, 7) is 11.3. The van der Waals surface area contributed by atoms with Crippen molar-refractivity contribution in [3.8, 4) is 104 Å². The van der Waals surface area contributed by atoms with Gasteiger partial charge in [0.05, 0.1) is 60.1 Å². The van der Waals surface area contributed by atoms with Gasteiger partial charge in [-0.2, -0.15) is 0 Å². The van der Waals surface area contributed by atoms with Crippen LogP contribution in [0.5, 0.6) is 23.0 Å². The molecule has 88 heavy (non-hydrogen) atoms. The normalized spacial score (nSPS) is 10.5. The lowest BCUT2D eigenvalue weighted by atomic mass is 10.0. The van der Waals surface area contributed by atoms with Crippen LogP contribution >= 0.6 is 0 Å². The number of nitrogens with zero attached hydrogens (tertiary/aromatic N) is 2. The van der Waals surface area contributed by atoms with Crippen molar-refractivity contribution >= 4 is 0 Å². The first kappa shape index (κ1) is 65.0. The van der Waals surface area contributed by atoms with Crippen molar-refractivity contribution in [2.24, 2.45) is 0 Å². The molecule has 0 fully saturated rings. The van der Waals surface area contributed by atoms with E-state index in [1.54, 1.807) is 12.4 Å². The summed E-state index contributed by atoms with van der Waals surface area (Å²) in [6.07, 6.45) is 26.4. The van der Waals surface area contributed by atoms with Gasteiger partial charge in [-0.1, -0.05) is 263 Å². The maximum absolute atomic E-state index is 6.55. The fourth-order valence-corrected chi connectivity index (χ4v) is 10.1. The van der Waals surface area contributed by atoms with Crippen LogP contribution in [-0.4, -0.2) is 36.4 Å². The molecule has 0 unspecified atom stereocenters. The van der Waals surface area contributed by atoms with Crippen LogP contribution in [0.25, 0.3) is 33.6 Å². The predicted octanol–water partition coefficient (Wildman–Crippen LogP) is 20.5. The zero-order valence-electron chi connectivity index (χ0n) is 52.7. The molecular weight excluding hydrogens is 1080 g/mol. The summed E-state index contributed by atoms with van der Waals surface area (Å²) in [6, 6.07) is 53.6. The van der Waals surface area contributed by atoms with Crippen LogP contribution in [0.2, 0.25) is 0 Å². The van der Waals surface area contributed by atoms with Crippen molar-refractivity contribution < 1.29 is 18.9 Å². The first-order valence-corrected chi connectivity index (χ1v) is 32.7. The monoisotopic (exact) mass is 1160 g/mol. The summed E-state index contributed by atoms with van der Waals surface area (Å²) < 4.78 is 26.2. The van der Waals surface area contributed by atoms with Crippen LogP contribution in [0, 0.1) is 47.4 Å². The smallest absolute Gasteiger partial charge is 0.136 e. The van der Waals surface area contributed by atoms with Crippen molar-refractivity contribution in [1.29, 1.82) is 0 Å². The molecular formula is C82H88N2O4. The van der Waals surface area contributed by atoms with Gasteiger partial charge < -0.3 is 18.9 Å². The van der Waals surface area contributed by atoms with E-state index in [0.29, 0.717) is 49.4 Å². The van der Waals surface area contributed by atoms with Gasteiger partial charge in [-0.15, -0.1) is 0 Å². The highest BCUT2D eigenvalue weighted by Crippen LogP contribution is 2.32. The fourth-order valence-electron chi connectivity index (χ4n) is 10.1. The van der Waals surface area contributed by atoms with E-state index in [9.17, 15) is 0 Å². The highest BCUT2D eigenvalue weighted by molar-refractivity contribution is 5.67. The number of hydrogen-bond acceptors (Lipinski definition) is 6. The fraction of sp³-hybridized carbons (Fsp3) is 0.341. The van der Waals surface area contributed by atoms with Crippen molar-refractivity contribution in [1.82, 2.24) is 9.97 Å². The summed E-state index contributed by atoms with van der Waals surface area (Å²) in [7, 11) is 0. The van der Waals surface area contributed by atoms with E-state index in [1.165, 1.54) is 88.2 Å². The molecule has 0 radical (unpaired) electrons. The van der Waals surface area contributed by atoms with Gasteiger partial charge >= 0.3 is 0 Å². The topological polar surface area (TPSA) is 62.7 Å². The SMILES string of the molecule is CCCCCCCOc1cc(C#Cc2ccc(-c3ccc(C#Cc4cc(OCCCCCCC)c(C#Cc5ccc(-c6ccccc6)cc5)cc4OCCCCCCC)cn3)nc2)c(OCCCCCCC)cc1C#Cc1ccc(-c2ccccc2)cc1. The Balaban J connectivity index is 1.02. The van der Waals surface area contributed by atoms with Gasteiger partial charge in [0, 0.05) is 58.9 Å². The Morgan fingerprint density at radius 2 is 0.523 bits per heavy atom. The molecule has 8 aromatic rings. The van der Waals surface area contributed by atoms with Crippen molar-refractivity contribution in [2.75, 3.05) is 26.4 Å². The molecule has 0 aliphatic heterocycles. The highest BCUT2D eigenvalue weighted by Gasteiger charge is 2.14. The van der Waals surface area contributed by atoms with Crippen molar-refractivity contribution in [3.05, 3.63) is 215 Å². The van der Waals surface area contributed by atoms with Crippen molar-refractivity contribution in [2.45, 2.75) is 156 Å². The minimum absolute atomic E-state index is 0.594. The first-order chi connectivity index (χ1) is 43.5. The molecule has 0 atom stereocenters. The third kappa shape index (κ3) is 21.8. The zero-order valence-corrected chi connectivity index (χ0v) is 52.7. The molecule has 0 N–H and O–H groups in total. The Hall–Kier alpha value is -8.94. The summed E-state index contributed by atoms with van der Waals surface area (Å²) in [5, 5.41) is 0. The number of hydrogen-bond donors (Lipinski definition) is 0. The largest absolute Gasteiger partial charge is 0.492 e. The minimum Gasteiger partial charge on any atom is -0.492 e. The number of ether oxygens (including phenoxy) is 4. The number of benzene rings is 6. The van der Waals surface area contributed by atoms with E-state index in [1.807, 2.05) is 60.7 Å². The summed E-state index contributed by atoms with van der Waals surface area (Å²) in [5.41, 5.74) is 12.6. The average Bonchev–Trinajstić information content (AvgIpc) is 3.77. The number of rotatable bonds is 31. The third-order valence-electron chi connectivity index (χ3n) is 15.3. The molecule has 0 saturated heterocycles. The zero-order chi connectivity index (χ0) is 61.1. The highest BCUT2D eigenvalue weighted by atomic mass is 16.5.